The molecular formula is C15H15FN2O. The minimum absolute atomic E-state index is 0.145. The molecule has 0 bridgehead atoms. The van der Waals surface area contributed by atoms with E-state index in [0.29, 0.717) is 5.69 Å². The zero-order valence-electron chi connectivity index (χ0n) is 10.6. The van der Waals surface area contributed by atoms with Crippen LogP contribution in [0.5, 0.6) is 0 Å². The molecule has 0 atom stereocenters. The van der Waals surface area contributed by atoms with Gasteiger partial charge in [0.05, 0.1) is 12.1 Å². The Morgan fingerprint density at radius 1 is 1.26 bits per heavy atom. The summed E-state index contributed by atoms with van der Waals surface area (Å²) in [6.07, 6.45) is 0.214. The molecule has 0 saturated carbocycles. The van der Waals surface area contributed by atoms with E-state index in [1.807, 2.05) is 31.2 Å². The summed E-state index contributed by atoms with van der Waals surface area (Å²) in [5, 5.41) is 2.54. The third kappa shape index (κ3) is 3.55. The maximum absolute atomic E-state index is 13.5. The highest BCUT2D eigenvalue weighted by Crippen LogP contribution is 2.17. The molecule has 0 radical (unpaired) electrons. The maximum Gasteiger partial charge on any atom is 0.228 e. The minimum Gasteiger partial charge on any atom is -0.399 e. The predicted octanol–water partition coefficient (Wildman–Crippen LogP) is 2.90. The van der Waals surface area contributed by atoms with Crippen molar-refractivity contribution < 1.29 is 9.18 Å². The van der Waals surface area contributed by atoms with Gasteiger partial charge in [0.1, 0.15) is 5.82 Å². The fourth-order valence-corrected chi connectivity index (χ4v) is 1.83. The summed E-state index contributed by atoms with van der Waals surface area (Å²) in [6.45, 7) is 1.96. The van der Waals surface area contributed by atoms with Crippen molar-refractivity contribution in [1.82, 2.24) is 0 Å². The number of amides is 1. The van der Waals surface area contributed by atoms with Crippen molar-refractivity contribution >= 4 is 17.3 Å². The normalized spacial score (nSPS) is 10.2. The monoisotopic (exact) mass is 258 g/mol. The number of rotatable bonds is 3. The van der Waals surface area contributed by atoms with E-state index < -0.39 is 5.82 Å². The molecule has 3 nitrogen and oxygen atoms in total. The van der Waals surface area contributed by atoms with E-state index in [0.717, 1.165) is 11.1 Å². The van der Waals surface area contributed by atoms with E-state index in [1.54, 1.807) is 6.07 Å². The highest BCUT2D eigenvalue weighted by molar-refractivity contribution is 5.92. The molecule has 19 heavy (non-hydrogen) atoms. The van der Waals surface area contributed by atoms with Gasteiger partial charge < -0.3 is 11.1 Å². The fourth-order valence-electron chi connectivity index (χ4n) is 1.83. The van der Waals surface area contributed by atoms with Gasteiger partial charge in [0.25, 0.3) is 0 Å². The Bertz CT molecular complexity index is 611. The number of carbonyl (C=O) groups is 1. The first-order valence-electron chi connectivity index (χ1n) is 5.95. The number of aryl methyl sites for hydroxylation is 1. The van der Waals surface area contributed by atoms with Gasteiger partial charge in [-0.25, -0.2) is 4.39 Å². The van der Waals surface area contributed by atoms with Gasteiger partial charge in [-0.2, -0.15) is 0 Å². The quantitative estimate of drug-likeness (QED) is 0.832. The van der Waals surface area contributed by atoms with Gasteiger partial charge in [-0.1, -0.05) is 29.8 Å². The molecule has 0 saturated heterocycles. The van der Waals surface area contributed by atoms with Gasteiger partial charge in [0.15, 0.2) is 0 Å². The summed E-state index contributed by atoms with van der Waals surface area (Å²) in [7, 11) is 0. The molecule has 1 amide bonds. The molecule has 0 fully saturated rings. The summed E-state index contributed by atoms with van der Waals surface area (Å²) >= 11 is 0. The zero-order valence-corrected chi connectivity index (χ0v) is 10.6. The van der Waals surface area contributed by atoms with E-state index in [-0.39, 0.29) is 18.0 Å². The predicted molar refractivity (Wildman–Crippen MR) is 74.3 cm³/mol. The average Bonchev–Trinajstić information content (AvgIpc) is 2.33. The van der Waals surface area contributed by atoms with Crippen LogP contribution in [0.1, 0.15) is 11.1 Å². The lowest BCUT2D eigenvalue weighted by Crippen LogP contribution is -2.15. The minimum atomic E-state index is -0.530. The fraction of sp³-hybridized carbons (Fsp3) is 0.133. The second-order valence-corrected chi connectivity index (χ2v) is 4.45. The Kier molecular flexibility index (Phi) is 3.80. The molecule has 2 aromatic carbocycles. The topological polar surface area (TPSA) is 55.1 Å². The van der Waals surface area contributed by atoms with E-state index in [4.69, 9.17) is 5.73 Å². The lowest BCUT2D eigenvalue weighted by molar-refractivity contribution is -0.115. The molecule has 3 N–H and O–H groups in total. The summed E-state index contributed by atoms with van der Waals surface area (Å²) in [5.41, 5.74) is 7.90. The number of halogens is 1. The van der Waals surface area contributed by atoms with E-state index in [9.17, 15) is 9.18 Å². The summed E-state index contributed by atoms with van der Waals surface area (Å²) < 4.78 is 13.5. The second-order valence-electron chi connectivity index (χ2n) is 4.45. The largest absolute Gasteiger partial charge is 0.399 e. The van der Waals surface area contributed by atoms with Crippen molar-refractivity contribution in [3.05, 3.63) is 59.4 Å². The Balaban J connectivity index is 2.05. The number of anilines is 2. The number of nitrogens with one attached hydrogen (secondary N) is 1. The number of benzene rings is 2. The summed E-state index contributed by atoms with van der Waals surface area (Å²) in [5.74, 6) is -0.785. The molecule has 2 rings (SSSR count). The van der Waals surface area contributed by atoms with Crippen LogP contribution in [0.3, 0.4) is 0 Å². The van der Waals surface area contributed by atoms with Gasteiger partial charge in [0.2, 0.25) is 5.91 Å². The highest BCUT2D eigenvalue weighted by Gasteiger charge is 2.08. The first-order valence-corrected chi connectivity index (χ1v) is 5.95. The molecule has 0 spiro atoms. The molecule has 0 aliphatic heterocycles. The Labute approximate surface area is 111 Å². The number of nitrogen functional groups attached to an aromatic ring is 1. The van der Waals surface area contributed by atoms with Crippen molar-refractivity contribution in [2.75, 3.05) is 11.1 Å². The van der Waals surface area contributed by atoms with E-state index in [1.165, 1.54) is 12.1 Å². The first-order chi connectivity index (χ1) is 9.04. The van der Waals surface area contributed by atoms with Crippen molar-refractivity contribution in [3.8, 4) is 0 Å². The molecular weight excluding hydrogens is 243 g/mol. The van der Waals surface area contributed by atoms with E-state index >= 15 is 0 Å². The third-order valence-corrected chi connectivity index (χ3v) is 2.71. The number of hydrogen-bond acceptors (Lipinski definition) is 2. The van der Waals surface area contributed by atoms with Gasteiger partial charge in [0, 0.05) is 5.69 Å². The number of nitrogens with two attached hydrogens (primary N) is 1. The Morgan fingerprint density at radius 2 is 2.05 bits per heavy atom. The van der Waals surface area contributed by atoms with Crippen LogP contribution in [0.2, 0.25) is 0 Å². The molecule has 0 aliphatic carbocycles. The standard InChI is InChI=1S/C15H15FN2O/c1-10-3-2-4-11(7-10)8-15(19)18-14-6-5-12(17)9-13(14)16/h2-7,9H,8,17H2,1H3,(H,18,19). The molecule has 0 aliphatic rings. The zero-order chi connectivity index (χ0) is 13.8. The molecule has 98 valence electrons. The van der Waals surface area contributed by atoms with Crippen LogP contribution in [0, 0.1) is 12.7 Å². The highest BCUT2D eigenvalue weighted by atomic mass is 19.1. The lowest BCUT2D eigenvalue weighted by atomic mass is 10.1. The molecule has 2 aromatic rings. The Hall–Kier alpha value is -2.36. The van der Waals surface area contributed by atoms with E-state index in [2.05, 4.69) is 5.32 Å². The lowest BCUT2D eigenvalue weighted by Gasteiger charge is -2.07. The van der Waals surface area contributed by atoms with Crippen LogP contribution >= 0.6 is 0 Å². The van der Waals surface area contributed by atoms with Crippen molar-refractivity contribution in [2.45, 2.75) is 13.3 Å². The van der Waals surface area contributed by atoms with Gasteiger partial charge in [-0.05, 0) is 30.7 Å². The van der Waals surface area contributed by atoms with Crippen LogP contribution in [-0.2, 0) is 11.2 Å². The summed E-state index contributed by atoms with van der Waals surface area (Å²) in [4.78, 5) is 11.8. The van der Waals surface area contributed by atoms with Crippen LogP contribution in [0.15, 0.2) is 42.5 Å². The molecule has 0 unspecified atom stereocenters. The molecule has 4 heteroatoms. The van der Waals surface area contributed by atoms with Crippen LogP contribution in [0.4, 0.5) is 15.8 Å². The smallest absolute Gasteiger partial charge is 0.228 e. The van der Waals surface area contributed by atoms with Gasteiger partial charge in [-0.3, -0.25) is 4.79 Å². The van der Waals surface area contributed by atoms with Crippen molar-refractivity contribution in [1.29, 1.82) is 0 Å². The SMILES string of the molecule is Cc1cccc(CC(=O)Nc2ccc(N)cc2F)c1. The second kappa shape index (κ2) is 5.52. The Morgan fingerprint density at radius 3 is 2.74 bits per heavy atom. The van der Waals surface area contributed by atoms with Crippen molar-refractivity contribution in [3.63, 3.8) is 0 Å². The first kappa shape index (κ1) is 13.1. The van der Waals surface area contributed by atoms with Crippen LogP contribution in [-0.4, -0.2) is 5.91 Å². The van der Waals surface area contributed by atoms with Gasteiger partial charge in [-0.15, -0.1) is 0 Å². The van der Waals surface area contributed by atoms with Crippen molar-refractivity contribution in [2.24, 2.45) is 0 Å². The van der Waals surface area contributed by atoms with Crippen LogP contribution < -0.4 is 11.1 Å². The van der Waals surface area contributed by atoms with Gasteiger partial charge >= 0.3 is 0 Å². The number of hydrogen-bond donors (Lipinski definition) is 2. The third-order valence-electron chi connectivity index (χ3n) is 2.71. The number of carbonyl (C=O) groups excluding carboxylic acids is 1. The van der Waals surface area contributed by atoms with Crippen LogP contribution in [0.25, 0.3) is 0 Å². The molecule has 0 aromatic heterocycles. The summed E-state index contributed by atoms with van der Waals surface area (Å²) in [6, 6.07) is 11.8. The maximum atomic E-state index is 13.5. The average molecular weight is 258 g/mol. The molecule has 0 heterocycles.